The largest absolute Gasteiger partial charge is 0.193 e. The van der Waals surface area contributed by atoms with Gasteiger partial charge in [-0.3, -0.25) is 0 Å². The van der Waals surface area contributed by atoms with Crippen molar-refractivity contribution in [3.63, 3.8) is 0 Å². The van der Waals surface area contributed by atoms with Gasteiger partial charge in [-0.15, -0.1) is 6.58 Å². The van der Waals surface area contributed by atoms with Crippen LogP contribution in [0, 0.1) is 16.7 Å². The zero-order chi connectivity index (χ0) is 8.86. The van der Waals surface area contributed by atoms with Gasteiger partial charge in [-0.1, -0.05) is 36.5 Å². The molecular formula is C11H11N. The molecule has 1 aliphatic rings. The van der Waals surface area contributed by atoms with Crippen LogP contribution in [0.3, 0.4) is 0 Å². The van der Waals surface area contributed by atoms with Gasteiger partial charge in [0.05, 0.1) is 6.07 Å². The second-order valence-corrected chi connectivity index (χ2v) is 2.77. The zero-order valence-corrected chi connectivity index (χ0v) is 6.90. The summed E-state index contributed by atoms with van der Waals surface area (Å²) in [6, 6.07) is 1.99. The number of allylic oxidation sites excluding steroid dienone is 7. The minimum Gasteiger partial charge on any atom is -0.193 e. The van der Waals surface area contributed by atoms with E-state index in [1.54, 1.807) is 0 Å². The summed E-state index contributed by atoms with van der Waals surface area (Å²) in [4.78, 5) is 0. The molecule has 1 heteroatoms. The summed E-state index contributed by atoms with van der Waals surface area (Å²) in [6.07, 6.45) is 14.2. The Bertz CT molecular complexity index is 289. The Balaban J connectivity index is 2.85. The molecule has 0 N–H and O–H groups in total. The molecule has 0 aromatic heterocycles. The van der Waals surface area contributed by atoms with E-state index in [4.69, 9.17) is 5.26 Å². The van der Waals surface area contributed by atoms with Crippen molar-refractivity contribution < 1.29 is 0 Å². The van der Waals surface area contributed by atoms with Crippen molar-refractivity contribution >= 4 is 0 Å². The van der Waals surface area contributed by atoms with Crippen LogP contribution in [0.2, 0.25) is 0 Å². The predicted molar refractivity (Wildman–Crippen MR) is 50.3 cm³/mol. The Kier molecular flexibility index (Phi) is 2.66. The van der Waals surface area contributed by atoms with Crippen LogP contribution in [0.25, 0.3) is 0 Å². The Morgan fingerprint density at radius 2 is 2.33 bits per heavy atom. The monoisotopic (exact) mass is 157 g/mol. The molecule has 0 saturated carbocycles. The molecule has 0 amide bonds. The predicted octanol–water partition coefficient (Wildman–Crippen LogP) is 2.75. The van der Waals surface area contributed by atoms with Crippen molar-refractivity contribution in [2.45, 2.75) is 6.42 Å². The van der Waals surface area contributed by atoms with Gasteiger partial charge in [-0.05, 0) is 6.42 Å². The van der Waals surface area contributed by atoms with Gasteiger partial charge < -0.3 is 0 Å². The quantitative estimate of drug-likeness (QED) is 0.446. The summed E-state index contributed by atoms with van der Waals surface area (Å²) >= 11 is 0. The van der Waals surface area contributed by atoms with Crippen LogP contribution in [0.4, 0.5) is 0 Å². The van der Waals surface area contributed by atoms with Crippen LogP contribution in [0.15, 0.2) is 49.1 Å². The first-order chi connectivity index (χ1) is 5.83. The molecular weight excluding hydrogens is 146 g/mol. The summed E-state index contributed by atoms with van der Waals surface area (Å²) in [6.45, 7) is 3.76. The second kappa shape index (κ2) is 3.73. The first-order valence-corrected chi connectivity index (χ1v) is 3.88. The molecule has 0 radical (unpaired) electrons. The molecule has 60 valence electrons. The fraction of sp³-hybridized carbons (Fsp3) is 0.182. The lowest BCUT2D eigenvalue weighted by molar-refractivity contribution is 0.636. The Morgan fingerprint density at radius 1 is 1.50 bits per heavy atom. The lowest BCUT2D eigenvalue weighted by Gasteiger charge is -2.22. The first kappa shape index (κ1) is 8.55. The second-order valence-electron chi connectivity index (χ2n) is 2.77. The highest BCUT2D eigenvalue weighted by Crippen LogP contribution is 2.30. The number of rotatable bonds is 2. The Hall–Kier alpha value is -1.55. The molecule has 0 heterocycles. The molecule has 0 aromatic carbocycles. The van der Waals surface area contributed by atoms with E-state index in [0.717, 1.165) is 6.42 Å². The van der Waals surface area contributed by atoms with E-state index in [1.165, 1.54) is 6.08 Å². The van der Waals surface area contributed by atoms with Gasteiger partial charge in [0.15, 0.2) is 0 Å². The molecule has 1 rings (SSSR count). The molecule has 1 unspecified atom stereocenters. The van der Waals surface area contributed by atoms with E-state index < -0.39 is 0 Å². The molecule has 0 bridgehead atoms. The minimum atomic E-state index is -0.134. The molecule has 0 aromatic rings. The van der Waals surface area contributed by atoms with Gasteiger partial charge in [-0.25, -0.2) is 0 Å². The molecule has 0 aliphatic heterocycles. The SMILES string of the molecule is C=CC1(C=CC#N)C=CC=CC1. The lowest BCUT2D eigenvalue weighted by Crippen LogP contribution is -2.11. The third-order valence-electron chi connectivity index (χ3n) is 1.97. The maximum Gasteiger partial charge on any atom is 0.0909 e. The zero-order valence-electron chi connectivity index (χ0n) is 6.90. The van der Waals surface area contributed by atoms with Crippen molar-refractivity contribution in [3.8, 4) is 6.07 Å². The van der Waals surface area contributed by atoms with E-state index >= 15 is 0 Å². The normalized spacial score (nSPS) is 27.2. The summed E-state index contributed by atoms with van der Waals surface area (Å²) in [5, 5.41) is 8.39. The Labute approximate surface area is 73.0 Å². The van der Waals surface area contributed by atoms with Crippen molar-refractivity contribution in [1.29, 1.82) is 5.26 Å². The number of nitriles is 1. The summed E-state index contributed by atoms with van der Waals surface area (Å²) < 4.78 is 0. The van der Waals surface area contributed by atoms with Gasteiger partial charge in [0, 0.05) is 11.5 Å². The fourth-order valence-corrected chi connectivity index (χ4v) is 1.19. The molecule has 12 heavy (non-hydrogen) atoms. The highest BCUT2D eigenvalue weighted by molar-refractivity contribution is 5.29. The van der Waals surface area contributed by atoms with Gasteiger partial charge in [0.2, 0.25) is 0 Å². The highest BCUT2D eigenvalue weighted by atomic mass is 14.2. The molecule has 0 fully saturated rings. The van der Waals surface area contributed by atoms with Crippen molar-refractivity contribution in [1.82, 2.24) is 0 Å². The van der Waals surface area contributed by atoms with Gasteiger partial charge >= 0.3 is 0 Å². The van der Waals surface area contributed by atoms with Crippen LogP contribution < -0.4 is 0 Å². The van der Waals surface area contributed by atoms with Crippen molar-refractivity contribution in [2.24, 2.45) is 5.41 Å². The molecule has 0 saturated heterocycles. The number of nitrogens with zero attached hydrogens (tertiary/aromatic N) is 1. The first-order valence-electron chi connectivity index (χ1n) is 3.88. The molecule has 1 atom stereocenters. The lowest BCUT2D eigenvalue weighted by atomic mass is 9.81. The van der Waals surface area contributed by atoms with E-state index in [9.17, 15) is 0 Å². The van der Waals surface area contributed by atoms with E-state index in [-0.39, 0.29) is 5.41 Å². The van der Waals surface area contributed by atoms with Crippen LogP contribution in [0.1, 0.15) is 6.42 Å². The average Bonchev–Trinajstić information content (AvgIpc) is 2.16. The van der Waals surface area contributed by atoms with E-state index in [2.05, 4.69) is 12.7 Å². The van der Waals surface area contributed by atoms with Crippen molar-refractivity contribution in [3.05, 3.63) is 49.1 Å². The van der Waals surface area contributed by atoms with Crippen LogP contribution in [-0.4, -0.2) is 0 Å². The average molecular weight is 157 g/mol. The third-order valence-corrected chi connectivity index (χ3v) is 1.97. The van der Waals surface area contributed by atoms with E-state index in [0.29, 0.717) is 0 Å². The summed E-state index contributed by atoms with van der Waals surface area (Å²) in [7, 11) is 0. The smallest absolute Gasteiger partial charge is 0.0909 e. The topological polar surface area (TPSA) is 23.8 Å². The molecule has 1 nitrogen and oxygen atoms in total. The fourth-order valence-electron chi connectivity index (χ4n) is 1.19. The maximum atomic E-state index is 8.39. The van der Waals surface area contributed by atoms with Gasteiger partial charge in [0.1, 0.15) is 0 Å². The highest BCUT2D eigenvalue weighted by Gasteiger charge is 2.18. The standard InChI is InChI=1S/C11H11N/c1-2-11(9-6-10-12)7-4-3-5-8-11/h2-7,9H,1,8H2. The van der Waals surface area contributed by atoms with Crippen LogP contribution >= 0.6 is 0 Å². The van der Waals surface area contributed by atoms with Crippen LogP contribution in [0.5, 0.6) is 0 Å². The maximum absolute atomic E-state index is 8.39. The summed E-state index contributed by atoms with van der Waals surface area (Å²) in [5.74, 6) is 0. The number of hydrogen-bond acceptors (Lipinski definition) is 1. The molecule has 1 aliphatic carbocycles. The summed E-state index contributed by atoms with van der Waals surface area (Å²) in [5.41, 5.74) is -0.134. The Morgan fingerprint density at radius 3 is 2.83 bits per heavy atom. The number of hydrogen-bond donors (Lipinski definition) is 0. The minimum absolute atomic E-state index is 0.134. The molecule has 0 spiro atoms. The van der Waals surface area contributed by atoms with Gasteiger partial charge in [0.25, 0.3) is 0 Å². The van der Waals surface area contributed by atoms with Crippen LogP contribution in [-0.2, 0) is 0 Å². The van der Waals surface area contributed by atoms with E-state index in [1.807, 2.05) is 36.4 Å². The third kappa shape index (κ3) is 1.73. The van der Waals surface area contributed by atoms with Gasteiger partial charge in [-0.2, -0.15) is 5.26 Å². The van der Waals surface area contributed by atoms with Crippen molar-refractivity contribution in [2.75, 3.05) is 0 Å².